The highest BCUT2D eigenvalue weighted by Crippen LogP contribution is 2.33. The van der Waals surface area contributed by atoms with Gasteiger partial charge >= 0.3 is 5.97 Å². The zero-order valence-corrected chi connectivity index (χ0v) is 12.9. The van der Waals surface area contributed by atoms with Crippen LogP contribution in [0.25, 0.3) is 0 Å². The molecule has 0 spiro atoms. The van der Waals surface area contributed by atoms with E-state index in [1.165, 1.54) is 19.3 Å². The molecule has 0 radical (unpaired) electrons. The number of hydrogen-bond donors (Lipinski definition) is 1. The Morgan fingerprint density at radius 1 is 1.30 bits per heavy atom. The summed E-state index contributed by atoms with van der Waals surface area (Å²) in [5.41, 5.74) is 0. The van der Waals surface area contributed by atoms with Gasteiger partial charge in [-0.2, -0.15) is 0 Å². The molecule has 20 heavy (non-hydrogen) atoms. The maximum absolute atomic E-state index is 11.8. The summed E-state index contributed by atoms with van der Waals surface area (Å²) in [6.45, 7) is 2.68. The van der Waals surface area contributed by atoms with Gasteiger partial charge in [-0.1, -0.05) is 26.2 Å². The summed E-state index contributed by atoms with van der Waals surface area (Å²) in [5.74, 6) is -0.135. The molecule has 1 saturated heterocycles. The van der Waals surface area contributed by atoms with Crippen molar-refractivity contribution in [2.75, 3.05) is 18.1 Å². The van der Waals surface area contributed by atoms with Gasteiger partial charge in [0.25, 0.3) is 0 Å². The quantitative estimate of drug-likeness (QED) is 0.852. The summed E-state index contributed by atoms with van der Waals surface area (Å²) in [4.78, 5) is 13.2. The highest BCUT2D eigenvalue weighted by atomic mass is 32.2. The van der Waals surface area contributed by atoms with Crippen LogP contribution in [0.1, 0.15) is 45.4 Å². The SMILES string of the molecule is CCC1CCCCC1N1CCS(=O)(=O)CC1CC(=O)O. The lowest BCUT2D eigenvalue weighted by atomic mass is 9.81. The number of nitrogens with zero attached hydrogens (tertiary/aromatic N) is 1. The van der Waals surface area contributed by atoms with E-state index < -0.39 is 15.8 Å². The molecule has 3 unspecified atom stereocenters. The Morgan fingerprint density at radius 2 is 2.00 bits per heavy atom. The van der Waals surface area contributed by atoms with Gasteiger partial charge in [-0.25, -0.2) is 8.42 Å². The summed E-state index contributed by atoms with van der Waals surface area (Å²) in [6.07, 6.45) is 5.70. The Bertz CT molecular complexity index is 448. The molecule has 2 fully saturated rings. The van der Waals surface area contributed by atoms with Gasteiger partial charge in [-0.05, 0) is 18.8 Å². The van der Waals surface area contributed by atoms with Crippen molar-refractivity contribution in [3.05, 3.63) is 0 Å². The minimum absolute atomic E-state index is 0.00618. The Kier molecular flexibility index (Phi) is 5.07. The predicted molar refractivity (Wildman–Crippen MR) is 77.4 cm³/mol. The molecule has 0 aromatic heterocycles. The van der Waals surface area contributed by atoms with E-state index >= 15 is 0 Å². The minimum atomic E-state index is -3.08. The lowest BCUT2D eigenvalue weighted by molar-refractivity contribution is -0.138. The lowest BCUT2D eigenvalue weighted by Gasteiger charge is -2.45. The molecule has 5 nitrogen and oxygen atoms in total. The number of carbonyl (C=O) groups is 1. The van der Waals surface area contributed by atoms with E-state index in [9.17, 15) is 13.2 Å². The molecule has 0 aromatic carbocycles. The molecule has 0 bridgehead atoms. The van der Waals surface area contributed by atoms with Crippen LogP contribution in [0.5, 0.6) is 0 Å². The van der Waals surface area contributed by atoms with Crippen molar-refractivity contribution in [3.8, 4) is 0 Å². The van der Waals surface area contributed by atoms with Crippen LogP contribution in [0, 0.1) is 5.92 Å². The fourth-order valence-electron chi connectivity index (χ4n) is 3.81. The highest BCUT2D eigenvalue weighted by molar-refractivity contribution is 7.91. The molecule has 2 aliphatic rings. The number of rotatable bonds is 4. The lowest BCUT2D eigenvalue weighted by Crippen LogP contribution is -2.56. The van der Waals surface area contributed by atoms with Crippen molar-refractivity contribution >= 4 is 15.8 Å². The van der Waals surface area contributed by atoms with Crippen molar-refractivity contribution in [1.29, 1.82) is 0 Å². The summed E-state index contributed by atoms with van der Waals surface area (Å²) in [6, 6.07) is 0.0250. The maximum atomic E-state index is 11.8. The third-order valence-electron chi connectivity index (χ3n) is 4.81. The third kappa shape index (κ3) is 3.73. The Morgan fingerprint density at radius 3 is 2.65 bits per heavy atom. The van der Waals surface area contributed by atoms with Gasteiger partial charge in [0.1, 0.15) is 0 Å². The van der Waals surface area contributed by atoms with Crippen LogP contribution in [-0.4, -0.2) is 54.5 Å². The fourth-order valence-corrected chi connectivity index (χ4v) is 5.37. The molecule has 2 rings (SSSR count). The zero-order chi connectivity index (χ0) is 14.8. The average Bonchev–Trinajstić information content (AvgIpc) is 2.37. The second kappa shape index (κ2) is 6.43. The van der Waals surface area contributed by atoms with Crippen LogP contribution in [0.3, 0.4) is 0 Å². The summed E-state index contributed by atoms with van der Waals surface area (Å²) in [7, 11) is -3.08. The van der Waals surface area contributed by atoms with Gasteiger partial charge in [-0.15, -0.1) is 0 Å². The minimum Gasteiger partial charge on any atom is -0.481 e. The Hall–Kier alpha value is -0.620. The maximum Gasteiger partial charge on any atom is 0.304 e. The van der Waals surface area contributed by atoms with Crippen molar-refractivity contribution in [3.63, 3.8) is 0 Å². The van der Waals surface area contributed by atoms with Crippen LogP contribution >= 0.6 is 0 Å². The summed E-state index contributed by atoms with van der Waals surface area (Å²) >= 11 is 0. The highest BCUT2D eigenvalue weighted by Gasteiger charge is 2.39. The molecule has 6 heteroatoms. The van der Waals surface area contributed by atoms with Gasteiger partial charge in [0.2, 0.25) is 0 Å². The molecule has 1 aliphatic carbocycles. The first-order valence-electron chi connectivity index (χ1n) is 7.61. The van der Waals surface area contributed by atoms with Crippen LogP contribution in [0.4, 0.5) is 0 Å². The van der Waals surface area contributed by atoms with E-state index in [4.69, 9.17) is 5.11 Å². The molecule has 1 aliphatic heterocycles. The first-order valence-corrected chi connectivity index (χ1v) is 9.43. The second-order valence-corrected chi connectivity index (χ2v) is 8.35. The molecule has 1 heterocycles. The fraction of sp³-hybridized carbons (Fsp3) is 0.929. The van der Waals surface area contributed by atoms with E-state index in [1.54, 1.807) is 0 Å². The van der Waals surface area contributed by atoms with Gasteiger partial charge in [-0.3, -0.25) is 9.69 Å². The van der Waals surface area contributed by atoms with Crippen molar-refractivity contribution < 1.29 is 18.3 Å². The molecule has 0 amide bonds. The van der Waals surface area contributed by atoms with Crippen LogP contribution < -0.4 is 0 Å². The summed E-state index contributed by atoms with van der Waals surface area (Å²) in [5, 5.41) is 9.05. The molecule has 3 atom stereocenters. The topological polar surface area (TPSA) is 74.7 Å². The number of carboxylic acids is 1. The van der Waals surface area contributed by atoms with Crippen LogP contribution in [0.15, 0.2) is 0 Å². The van der Waals surface area contributed by atoms with E-state index in [-0.39, 0.29) is 24.0 Å². The third-order valence-corrected chi connectivity index (χ3v) is 6.50. The van der Waals surface area contributed by atoms with Crippen molar-refractivity contribution in [2.45, 2.75) is 57.5 Å². The Labute approximate surface area is 121 Å². The van der Waals surface area contributed by atoms with Crippen molar-refractivity contribution in [1.82, 2.24) is 4.90 Å². The van der Waals surface area contributed by atoms with Crippen LogP contribution in [0.2, 0.25) is 0 Å². The number of hydrogen-bond acceptors (Lipinski definition) is 4. The first kappa shape index (κ1) is 15.8. The van der Waals surface area contributed by atoms with Gasteiger partial charge in [0, 0.05) is 18.6 Å². The smallest absolute Gasteiger partial charge is 0.304 e. The van der Waals surface area contributed by atoms with Gasteiger partial charge in [0.15, 0.2) is 9.84 Å². The first-order chi connectivity index (χ1) is 9.43. The monoisotopic (exact) mass is 303 g/mol. The van der Waals surface area contributed by atoms with Gasteiger partial charge in [0.05, 0.1) is 17.9 Å². The number of aliphatic carboxylic acids is 1. The molecule has 116 valence electrons. The summed E-state index contributed by atoms with van der Waals surface area (Å²) < 4.78 is 23.6. The standard InChI is InChI=1S/C14H25NO4S/c1-2-11-5-3-4-6-13(11)15-7-8-20(18,19)10-12(15)9-14(16)17/h11-13H,2-10H2,1H3,(H,16,17). The molecule has 1 saturated carbocycles. The zero-order valence-electron chi connectivity index (χ0n) is 12.1. The second-order valence-electron chi connectivity index (χ2n) is 6.12. The average molecular weight is 303 g/mol. The van der Waals surface area contributed by atoms with E-state index in [0.717, 1.165) is 12.8 Å². The molecule has 0 aromatic rings. The predicted octanol–water partition coefficient (Wildman–Crippen LogP) is 1.53. The van der Waals surface area contributed by atoms with E-state index in [0.29, 0.717) is 18.5 Å². The normalized spacial score (nSPS) is 34.8. The molecular weight excluding hydrogens is 278 g/mol. The van der Waals surface area contributed by atoms with E-state index in [1.807, 2.05) is 0 Å². The number of sulfone groups is 1. The van der Waals surface area contributed by atoms with Gasteiger partial charge < -0.3 is 5.11 Å². The molecular formula is C14H25NO4S. The molecule has 1 N–H and O–H groups in total. The van der Waals surface area contributed by atoms with Crippen molar-refractivity contribution in [2.24, 2.45) is 5.92 Å². The Balaban J connectivity index is 2.16. The number of carboxylic acid groups (broad SMARTS) is 1. The van der Waals surface area contributed by atoms with E-state index in [2.05, 4.69) is 11.8 Å². The largest absolute Gasteiger partial charge is 0.481 e. The van der Waals surface area contributed by atoms with Crippen LogP contribution in [-0.2, 0) is 14.6 Å².